The summed E-state index contributed by atoms with van der Waals surface area (Å²) >= 11 is 0. The SMILES string of the molecule is Cc1ccc(-c2c3nc(c(-c4ccc(CN(C)CCCN(C)Cc5ccc(-c6c7nc(c(-c8ccc(C)cc8)c8ccc([nH]8)c(-c8ccccc8)c8nc(c(-c9ccc(C)cc9)c9ccc6[nH]9)C=C8)C=C7)cn5)nc4)c4ccc([nH]4)c(-c4ccc(C)cc4)c4nc(c(-c5ccccc5)c5ccc2[nH]5)C=C4)C=C3)cc1. The van der Waals surface area contributed by atoms with Crippen molar-refractivity contribution < 1.29 is 0 Å². The second-order valence-electron chi connectivity index (χ2n) is 29.1. The molecular formula is C97H80N12. The third-order valence-corrected chi connectivity index (χ3v) is 21.2. The smallest absolute Gasteiger partial charge is 0.0737 e. The van der Waals surface area contributed by atoms with Gasteiger partial charge in [0.25, 0.3) is 0 Å². The lowest BCUT2D eigenvalue weighted by atomic mass is 10.0. The zero-order chi connectivity index (χ0) is 73.6. The molecule has 4 N–H and O–H groups in total. The molecule has 12 heteroatoms. The number of hydrogen-bond acceptors (Lipinski definition) is 8. The average molecular weight is 1410 g/mol. The van der Waals surface area contributed by atoms with Crippen LogP contribution < -0.4 is 0 Å². The summed E-state index contributed by atoms with van der Waals surface area (Å²) in [6, 6.07) is 82.2. The van der Waals surface area contributed by atoms with Gasteiger partial charge >= 0.3 is 0 Å². The van der Waals surface area contributed by atoms with E-state index in [1.54, 1.807) is 0 Å². The summed E-state index contributed by atoms with van der Waals surface area (Å²) in [6.45, 7) is 11.7. The molecule has 109 heavy (non-hydrogen) atoms. The van der Waals surface area contributed by atoms with Gasteiger partial charge in [-0.15, -0.1) is 0 Å². The minimum absolute atomic E-state index is 0.692. The summed E-state index contributed by atoms with van der Waals surface area (Å²) in [5, 5.41) is 0. The van der Waals surface area contributed by atoms with E-state index in [0.717, 1.165) is 210 Å². The van der Waals surface area contributed by atoms with Gasteiger partial charge in [-0.2, -0.15) is 0 Å². The number of rotatable bonds is 16. The molecule has 0 spiro atoms. The maximum atomic E-state index is 5.56. The number of benzene rings is 6. The van der Waals surface area contributed by atoms with Crippen LogP contribution in [0.4, 0.5) is 0 Å². The number of H-pyrrole nitrogens is 4. The van der Waals surface area contributed by atoms with Crippen molar-refractivity contribution in [1.82, 2.24) is 59.6 Å². The Kier molecular flexibility index (Phi) is 17.9. The summed E-state index contributed by atoms with van der Waals surface area (Å²) in [5.41, 5.74) is 37.6. The van der Waals surface area contributed by atoms with Crippen LogP contribution in [0.2, 0.25) is 0 Å². The topological polar surface area (TPSA) is 147 Å². The van der Waals surface area contributed by atoms with Crippen molar-refractivity contribution in [2.75, 3.05) is 27.2 Å². The molecule has 18 rings (SSSR count). The van der Waals surface area contributed by atoms with Gasteiger partial charge in [-0.25, -0.2) is 19.9 Å². The van der Waals surface area contributed by atoms with Crippen LogP contribution in [0.3, 0.4) is 0 Å². The van der Waals surface area contributed by atoms with Crippen LogP contribution in [0.15, 0.2) is 243 Å². The number of hydrogen-bond donors (Lipinski definition) is 4. The molecule has 0 unspecified atom stereocenters. The van der Waals surface area contributed by atoms with Gasteiger partial charge in [0, 0.05) is 125 Å². The standard InChI is InChI=1S/C97H80N12/c1-60-18-26-66(27-19-60)92-78-42-38-74(100-78)90(64-14-9-7-10-15-64)75-39-43-79(101-75)93(67-28-20-61(2)21-29-67)83-47-51-87(105-83)96(86-50-46-82(92)104-86)70-34-36-72(98-56-70)58-108(5)54-13-55-109(6)59-73-37-35-71(57-99-73)97-88-52-48-84(106-88)94(68-30-22-62(3)23-31-68)80-44-40-76(102-80)91(65-16-11-8-12-17-65)77-41-45-81(103-77)95(85-49-53-89(97)107-85)69-32-24-63(4)25-33-69/h7-12,14-53,56-57,100,102,105,107H,13,54-55,58-59H2,1-6H3. The molecular weight excluding hydrogens is 1330 g/mol. The Morgan fingerprint density at radius 2 is 0.450 bits per heavy atom. The molecule has 0 atom stereocenters. The lowest BCUT2D eigenvalue weighted by Crippen LogP contribution is -2.25. The molecule has 8 aromatic heterocycles. The van der Waals surface area contributed by atoms with Gasteiger partial charge in [-0.1, -0.05) is 192 Å². The van der Waals surface area contributed by atoms with Gasteiger partial charge in [0.15, 0.2) is 0 Å². The molecule has 4 aliphatic rings. The Morgan fingerprint density at radius 3 is 0.670 bits per heavy atom. The zero-order valence-corrected chi connectivity index (χ0v) is 61.8. The minimum Gasteiger partial charge on any atom is -0.354 e. The quantitative estimate of drug-likeness (QED) is 0.0748. The third-order valence-electron chi connectivity index (χ3n) is 21.2. The molecule has 14 aromatic rings. The summed E-state index contributed by atoms with van der Waals surface area (Å²) < 4.78 is 0. The fourth-order valence-electron chi connectivity index (χ4n) is 15.6. The van der Waals surface area contributed by atoms with E-state index in [9.17, 15) is 0 Å². The summed E-state index contributed by atoms with van der Waals surface area (Å²) in [4.78, 5) is 52.8. The molecule has 0 amide bonds. The van der Waals surface area contributed by atoms with Crippen molar-refractivity contribution >= 4 is 92.7 Å². The van der Waals surface area contributed by atoms with Crippen LogP contribution in [0.1, 0.15) is 85.6 Å². The van der Waals surface area contributed by atoms with Gasteiger partial charge < -0.3 is 29.7 Å². The highest BCUT2D eigenvalue weighted by molar-refractivity contribution is 6.03. The van der Waals surface area contributed by atoms with E-state index in [2.05, 4.69) is 351 Å². The predicted octanol–water partition coefficient (Wildman–Crippen LogP) is 22.9. The highest BCUT2D eigenvalue weighted by Gasteiger charge is 2.23. The largest absolute Gasteiger partial charge is 0.354 e. The molecule has 528 valence electrons. The second kappa shape index (κ2) is 28.9. The van der Waals surface area contributed by atoms with E-state index in [-0.39, 0.29) is 0 Å². The fourth-order valence-corrected chi connectivity index (χ4v) is 15.6. The van der Waals surface area contributed by atoms with Crippen molar-refractivity contribution in [3.63, 3.8) is 0 Å². The first-order chi connectivity index (χ1) is 53.4. The average Bonchev–Trinajstić information content (AvgIpc) is 1.62. The van der Waals surface area contributed by atoms with Gasteiger partial charge in [0.2, 0.25) is 0 Å². The number of fused-ring (bicyclic) bond motifs is 16. The summed E-state index contributed by atoms with van der Waals surface area (Å²) in [5.74, 6) is 0. The van der Waals surface area contributed by atoms with Gasteiger partial charge in [-0.05, 0) is 204 Å². The lowest BCUT2D eigenvalue weighted by molar-refractivity contribution is 0.267. The van der Waals surface area contributed by atoms with Crippen molar-refractivity contribution in [2.45, 2.75) is 47.2 Å². The van der Waals surface area contributed by atoms with E-state index in [4.69, 9.17) is 29.9 Å². The van der Waals surface area contributed by atoms with E-state index in [1.807, 2.05) is 12.4 Å². The first kappa shape index (κ1) is 67.6. The van der Waals surface area contributed by atoms with E-state index in [0.29, 0.717) is 13.1 Å². The number of nitrogens with one attached hydrogen (secondary N) is 4. The Morgan fingerprint density at radius 1 is 0.239 bits per heavy atom. The van der Waals surface area contributed by atoms with Crippen LogP contribution in [0.5, 0.6) is 0 Å². The minimum atomic E-state index is 0.692. The Labute approximate surface area is 634 Å². The van der Waals surface area contributed by atoms with E-state index in [1.165, 1.54) is 22.3 Å². The van der Waals surface area contributed by atoms with Gasteiger partial charge in [-0.3, -0.25) is 9.97 Å². The van der Waals surface area contributed by atoms with Gasteiger partial charge in [0.05, 0.1) is 56.9 Å². The summed E-state index contributed by atoms with van der Waals surface area (Å²) in [7, 11) is 4.36. The normalized spacial score (nSPS) is 12.3. The highest BCUT2D eigenvalue weighted by atomic mass is 15.1. The maximum Gasteiger partial charge on any atom is 0.0737 e. The highest BCUT2D eigenvalue weighted by Crippen LogP contribution is 2.42. The molecule has 12 nitrogen and oxygen atoms in total. The zero-order valence-electron chi connectivity index (χ0n) is 61.8. The Bertz CT molecular complexity index is 5860. The lowest BCUT2D eigenvalue weighted by Gasteiger charge is -2.20. The van der Waals surface area contributed by atoms with Crippen LogP contribution >= 0.6 is 0 Å². The molecule has 16 bridgehead atoms. The number of aromatic amines is 4. The number of pyridine rings is 2. The van der Waals surface area contributed by atoms with E-state index < -0.39 is 0 Å². The molecule has 4 aliphatic heterocycles. The monoisotopic (exact) mass is 1410 g/mol. The molecule has 0 saturated carbocycles. The predicted molar refractivity (Wildman–Crippen MR) is 453 cm³/mol. The third kappa shape index (κ3) is 13.6. The van der Waals surface area contributed by atoms with Gasteiger partial charge in [0.1, 0.15) is 0 Å². The summed E-state index contributed by atoms with van der Waals surface area (Å²) in [6.07, 6.45) is 22.2. The number of aryl methyl sites for hydroxylation is 4. The molecule has 6 aromatic carbocycles. The molecule has 0 fully saturated rings. The Hall–Kier alpha value is -13.3. The molecule has 0 saturated heterocycles. The molecule has 0 aliphatic carbocycles. The number of nitrogens with zero attached hydrogens (tertiary/aromatic N) is 8. The first-order valence-corrected chi connectivity index (χ1v) is 37.4. The van der Waals surface area contributed by atoms with Crippen molar-refractivity contribution in [2.24, 2.45) is 0 Å². The molecule has 12 heterocycles. The van der Waals surface area contributed by atoms with Crippen LogP contribution in [-0.4, -0.2) is 86.8 Å². The molecule has 0 radical (unpaired) electrons. The first-order valence-electron chi connectivity index (χ1n) is 37.4. The van der Waals surface area contributed by atoms with Crippen LogP contribution in [0.25, 0.3) is 182 Å². The van der Waals surface area contributed by atoms with Crippen molar-refractivity contribution in [1.29, 1.82) is 0 Å². The number of aromatic nitrogens is 10. The maximum absolute atomic E-state index is 5.56. The van der Waals surface area contributed by atoms with Crippen LogP contribution in [0, 0.1) is 27.7 Å². The van der Waals surface area contributed by atoms with Crippen molar-refractivity contribution in [3.05, 3.63) is 322 Å². The Balaban J connectivity index is 0.635. The van der Waals surface area contributed by atoms with E-state index >= 15 is 0 Å². The fraction of sp³-hybridized carbons (Fsp3) is 0.113. The second-order valence-corrected chi connectivity index (χ2v) is 29.1. The van der Waals surface area contributed by atoms with Crippen LogP contribution in [-0.2, 0) is 13.1 Å². The van der Waals surface area contributed by atoms with Crippen molar-refractivity contribution in [3.8, 4) is 89.0 Å².